The van der Waals surface area contributed by atoms with Gasteiger partial charge in [0.25, 0.3) is 0 Å². The molecule has 0 amide bonds. The van der Waals surface area contributed by atoms with E-state index in [1.165, 1.54) is 12.1 Å². The van der Waals surface area contributed by atoms with Crippen LogP contribution >= 0.6 is 39.1 Å². The molecule has 0 fully saturated rings. The van der Waals surface area contributed by atoms with Crippen molar-refractivity contribution in [3.63, 3.8) is 0 Å². The van der Waals surface area contributed by atoms with Gasteiger partial charge in [0, 0.05) is 12.6 Å². The van der Waals surface area contributed by atoms with Crippen LogP contribution in [0.4, 0.5) is 4.39 Å². The van der Waals surface area contributed by atoms with Gasteiger partial charge in [-0.2, -0.15) is 0 Å². The highest BCUT2D eigenvalue weighted by Crippen LogP contribution is 2.36. The van der Waals surface area contributed by atoms with Crippen LogP contribution in [0.1, 0.15) is 5.56 Å². The molecular formula is C13H9BrCl2FNO. The van der Waals surface area contributed by atoms with E-state index in [1.54, 1.807) is 18.2 Å². The van der Waals surface area contributed by atoms with Crippen molar-refractivity contribution in [3.05, 3.63) is 56.2 Å². The van der Waals surface area contributed by atoms with Gasteiger partial charge >= 0.3 is 0 Å². The predicted octanol–water partition coefficient (Wildman–Crippen LogP) is 5.15. The molecule has 0 spiro atoms. The van der Waals surface area contributed by atoms with Gasteiger partial charge in [0.15, 0.2) is 0 Å². The van der Waals surface area contributed by atoms with Crippen LogP contribution in [0.3, 0.4) is 0 Å². The molecule has 6 heteroatoms. The first-order valence-corrected chi connectivity index (χ1v) is 6.87. The maximum Gasteiger partial charge on any atom is 0.146 e. The van der Waals surface area contributed by atoms with Crippen molar-refractivity contribution in [1.29, 1.82) is 0 Å². The third kappa shape index (κ3) is 3.39. The fraction of sp³-hybridized carbons (Fsp3) is 0.0769. The normalized spacial score (nSPS) is 10.6. The van der Waals surface area contributed by atoms with E-state index < -0.39 is 5.82 Å². The Balaban J connectivity index is 2.33. The molecule has 0 aliphatic carbocycles. The molecule has 19 heavy (non-hydrogen) atoms. The number of rotatable bonds is 3. The quantitative estimate of drug-likeness (QED) is 0.764. The van der Waals surface area contributed by atoms with Crippen molar-refractivity contribution < 1.29 is 9.13 Å². The van der Waals surface area contributed by atoms with Crippen molar-refractivity contribution >= 4 is 39.1 Å². The molecule has 0 unspecified atom stereocenters. The summed E-state index contributed by atoms with van der Waals surface area (Å²) >= 11 is 15.0. The van der Waals surface area contributed by atoms with Gasteiger partial charge in [-0.1, -0.05) is 29.3 Å². The molecule has 0 aromatic heterocycles. The molecule has 2 aromatic rings. The molecule has 0 bridgehead atoms. The SMILES string of the molecule is NCc1ccc(Oc2cc(F)c(Cl)cc2Br)c(Cl)c1. The van der Waals surface area contributed by atoms with E-state index in [4.69, 9.17) is 33.7 Å². The summed E-state index contributed by atoms with van der Waals surface area (Å²) in [7, 11) is 0. The first-order chi connectivity index (χ1) is 9.01. The van der Waals surface area contributed by atoms with Crippen molar-refractivity contribution in [1.82, 2.24) is 0 Å². The van der Waals surface area contributed by atoms with Crippen LogP contribution in [-0.2, 0) is 6.54 Å². The van der Waals surface area contributed by atoms with Gasteiger partial charge in [0.05, 0.1) is 14.5 Å². The molecule has 0 aliphatic heterocycles. The van der Waals surface area contributed by atoms with Gasteiger partial charge in [-0.3, -0.25) is 0 Å². The van der Waals surface area contributed by atoms with E-state index in [2.05, 4.69) is 15.9 Å². The predicted molar refractivity (Wildman–Crippen MR) is 78.5 cm³/mol. The van der Waals surface area contributed by atoms with Gasteiger partial charge in [0.2, 0.25) is 0 Å². The Labute approximate surface area is 128 Å². The van der Waals surface area contributed by atoms with E-state index in [-0.39, 0.29) is 5.02 Å². The minimum Gasteiger partial charge on any atom is -0.455 e. The number of hydrogen-bond donors (Lipinski definition) is 1. The lowest BCUT2D eigenvalue weighted by Gasteiger charge is -2.11. The Morgan fingerprint density at radius 1 is 1.11 bits per heavy atom. The zero-order chi connectivity index (χ0) is 14.0. The lowest BCUT2D eigenvalue weighted by Crippen LogP contribution is -1.96. The molecule has 100 valence electrons. The highest BCUT2D eigenvalue weighted by Gasteiger charge is 2.11. The van der Waals surface area contributed by atoms with Crippen LogP contribution < -0.4 is 10.5 Å². The monoisotopic (exact) mass is 363 g/mol. The fourth-order valence-corrected chi connectivity index (χ4v) is 2.42. The Hall–Kier alpha value is -0.810. The fourth-order valence-electron chi connectivity index (χ4n) is 1.46. The summed E-state index contributed by atoms with van der Waals surface area (Å²) in [5.41, 5.74) is 6.40. The molecule has 0 atom stereocenters. The summed E-state index contributed by atoms with van der Waals surface area (Å²) < 4.78 is 19.5. The minimum absolute atomic E-state index is 0.0174. The molecule has 0 saturated heterocycles. The van der Waals surface area contributed by atoms with Crippen LogP contribution in [-0.4, -0.2) is 0 Å². The highest BCUT2D eigenvalue weighted by molar-refractivity contribution is 9.10. The number of nitrogens with two attached hydrogens (primary N) is 1. The lowest BCUT2D eigenvalue weighted by atomic mass is 10.2. The largest absolute Gasteiger partial charge is 0.455 e. The number of ether oxygens (including phenoxy) is 1. The molecular weight excluding hydrogens is 356 g/mol. The van der Waals surface area contributed by atoms with Crippen LogP contribution in [0.2, 0.25) is 10.0 Å². The van der Waals surface area contributed by atoms with Gasteiger partial charge in [-0.25, -0.2) is 4.39 Å². The highest BCUT2D eigenvalue weighted by atomic mass is 79.9. The second-order valence-electron chi connectivity index (χ2n) is 3.77. The second-order valence-corrected chi connectivity index (χ2v) is 5.44. The smallest absolute Gasteiger partial charge is 0.146 e. The number of benzene rings is 2. The average molecular weight is 365 g/mol. The first-order valence-electron chi connectivity index (χ1n) is 5.32. The van der Waals surface area contributed by atoms with Gasteiger partial charge < -0.3 is 10.5 Å². The van der Waals surface area contributed by atoms with E-state index >= 15 is 0 Å². The van der Waals surface area contributed by atoms with E-state index in [0.717, 1.165) is 5.56 Å². The minimum atomic E-state index is -0.561. The Morgan fingerprint density at radius 3 is 2.47 bits per heavy atom. The molecule has 0 aliphatic rings. The first kappa shape index (κ1) is 14.6. The standard InChI is InChI=1S/C13H9BrCl2FNO/c14-8-4-9(15)11(17)5-13(8)19-12-2-1-7(6-18)3-10(12)16/h1-5H,6,18H2. The maximum atomic E-state index is 13.4. The summed E-state index contributed by atoms with van der Waals surface area (Å²) in [6, 6.07) is 7.80. The molecule has 2 rings (SSSR count). The Kier molecular flexibility index (Phi) is 4.68. The zero-order valence-electron chi connectivity index (χ0n) is 9.59. The molecule has 0 saturated carbocycles. The van der Waals surface area contributed by atoms with E-state index in [1.807, 2.05) is 0 Å². The topological polar surface area (TPSA) is 35.2 Å². The van der Waals surface area contributed by atoms with Crippen LogP contribution in [0.5, 0.6) is 11.5 Å². The third-order valence-electron chi connectivity index (χ3n) is 2.43. The van der Waals surface area contributed by atoms with Crippen molar-refractivity contribution in [2.45, 2.75) is 6.54 Å². The van der Waals surface area contributed by atoms with Crippen LogP contribution in [0, 0.1) is 5.82 Å². The Bertz CT molecular complexity index is 622. The van der Waals surface area contributed by atoms with Crippen LogP contribution in [0.15, 0.2) is 34.8 Å². The third-order valence-corrected chi connectivity index (χ3v) is 3.63. The van der Waals surface area contributed by atoms with Gasteiger partial charge in [0.1, 0.15) is 17.3 Å². The van der Waals surface area contributed by atoms with Gasteiger partial charge in [-0.15, -0.1) is 0 Å². The molecule has 2 N–H and O–H groups in total. The van der Waals surface area contributed by atoms with Gasteiger partial charge in [-0.05, 0) is 39.7 Å². The van der Waals surface area contributed by atoms with Crippen molar-refractivity contribution in [2.75, 3.05) is 0 Å². The average Bonchev–Trinajstić information content (AvgIpc) is 2.38. The van der Waals surface area contributed by atoms with E-state index in [9.17, 15) is 4.39 Å². The Morgan fingerprint density at radius 2 is 1.84 bits per heavy atom. The zero-order valence-corrected chi connectivity index (χ0v) is 12.7. The van der Waals surface area contributed by atoms with Crippen molar-refractivity contribution in [3.8, 4) is 11.5 Å². The molecule has 2 nitrogen and oxygen atoms in total. The number of halogens is 4. The molecule has 0 radical (unpaired) electrons. The van der Waals surface area contributed by atoms with Crippen molar-refractivity contribution in [2.24, 2.45) is 5.73 Å². The molecule has 0 heterocycles. The van der Waals surface area contributed by atoms with Crippen LogP contribution in [0.25, 0.3) is 0 Å². The summed E-state index contributed by atoms with van der Waals surface area (Å²) in [5, 5.41) is 0.425. The summed E-state index contributed by atoms with van der Waals surface area (Å²) in [6.45, 7) is 0.388. The summed E-state index contributed by atoms with van der Waals surface area (Å²) in [6.07, 6.45) is 0. The summed E-state index contributed by atoms with van der Waals surface area (Å²) in [4.78, 5) is 0. The van der Waals surface area contributed by atoms with E-state index in [0.29, 0.717) is 27.5 Å². The number of hydrogen-bond acceptors (Lipinski definition) is 2. The summed E-state index contributed by atoms with van der Waals surface area (Å²) in [5.74, 6) is 0.153. The maximum absolute atomic E-state index is 13.4. The second kappa shape index (κ2) is 6.09. The molecule has 2 aromatic carbocycles. The lowest BCUT2D eigenvalue weighted by molar-refractivity contribution is 0.473.